The first-order valence-electron chi connectivity index (χ1n) is 7.32. The van der Waals surface area contributed by atoms with E-state index in [9.17, 15) is 9.59 Å². The topological polar surface area (TPSA) is 66.8 Å². The number of benzene rings is 1. The quantitative estimate of drug-likeness (QED) is 0.912. The Morgan fingerprint density at radius 1 is 1.29 bits per heavy atom. The molecule has 0 aromatic heterocycles. The SMILES string of the molecule is O=C(O)CC1COCCN1C(=O)C1CC1c1ccccc1. The van der Waals surface area contributed by atoms with Crippen molar-refractivity contribution >= 4 is 11.9 Å². The number of nitrogens with zero attached hydrogens (tertiary/aromatic N) is 1. The minimum absolute atomic E-state index is 0.00166. The van der Waals surface area contributed by atoms with E-state index in [2.05, 4.69) is 0 Å². The second-order valence-electron chi connectivity index (χ2n) is 5.72. The summed E-state index contributed by atoms with van der Waals surface area (Å²) in [7, 11) is 0. The van der Waals surface area contributed by atoms with Crippen LogP contribution in [0.3, 0.4) is 0 Å². The number of rotatable bonds is 4. The highest BCUT2D eigenvalue weighted by atomic mass is 16.5. The molecule has 1 amide bonds. The molecule has 21 heavy (non-hydrogen) atoms. The Balaban J connectivity index is 1.66. The first-order valence-corrected chi connectivity index (χ1v) is 7.32. The number of carbonyl (C=O) groups is 2. The van der Waals surface area contributed by atoms with Crippen LogP contribution in [0.5, 0.6) is 0 Å². The molecule has 1 aliphatic carbocycles. The molecular formula is C16H19NO4. The molecule has 5 heteroatoms. The number of carboxylic acids is 1. The summed E-state index contributed by atoms with van der Waals surface area (Å²) in [5, 5.41) is 8.96. The highest BCUT2D eigenvalue weighted by molar-refractivity contribution is 5.84. The van der Waals surface area contributed by atoms with Gasteiger partial charge in [-0.15, -0.1) is 0 Å². The molecule has 1 aromatic rings. The first kappa shape index (κ1) is 14.1. The fourth-order valence-corrected chi connectivity index (χ4v) is 3.07. The summed E-state index contributed by atoms with van der Waals surface area (Å²) in [5.74, 6) is -0.522. The summed E-state index contributed by atoms with van der Waals surface area (Å²) in [4.78, 5) is 25.2. The number of hydrogen-bond donors (Lipinski definition) is 1. The van der Waals surface area contributed by atoms with Crippen LogP contribution in [0.1, 0.15) is 24.3 Å². The van der Waals surface area contributed by atoms with Crippen molar-refractivity contribution in [3.8, 4) is 0 Å². The molecule has 1 N–H and O–H groups in total. The molecule has 1 aromatic carbocycles. The normalized spacial score (nSPS) is 28.2. The van der Waals surface area contributed by atoms with Gasteiger partial charge in [0.15, 0.2) is 0 Å². The van der Waals surface area contributed by atoms with E-state index >= 15 is 0 Å². The summed E-state index contributed by atoms with van der Waals surface area (Å²) in [6.45, 7) is 1.31. The zero-order chi connectivity index (χ0) is 14.8. The summed E-state index contributed by atoms with van der Waals surface area (Å²) in [5.41, 5.74) is 1.19. The molecule has 0 radical (unpaired) electrons. The molecule has 3 rings (SSSR count). The lowest BCUT2D eigenvalue weighted by molar-refractivity contribution is -0.147. The van der Waals surface area contributed by atoms with Gasteiger partial charge in [-0.2, -0.15) is 0 Å². The smallest absolute Gasteiger partial charge is 0.305 e. The number of amides is 1. The van der Waals surface area contributed by atoms with Crippen molar-refractivity contribution in [3.63, 3.8) is 0 Å². The third-order valence-corrected chi connectivity index (χ3v) is 4.26. The van der Waals surface area contributed by atoms with Gasteiger partial charge in [0, 0.05) is 12.5 Å². The Labute approximate surface area is 123 Å². The lowest BCUT2D eigenvalue weighted by Gasteiger charge is -2.35. The lowest BCUT2D eigenvalue weighted by Crippen LogP contribution is -2.50. The Kier molecular flexibility index (Phi) is 3.92. The Morgan fingerprint density at radius 3 is 2.76 bits per heavy atom. The van der Waals surface area contributed by atoms with Crippen LogP contribution in [-0.2, 0) is 14.3 Å². The average Bonchev–Trinajstić information content (AvgIpc) is 3.28. The second-order valence-corrected chi connectivity index (χ2v) is 5.72. The van der Waals surface area contributed by atoms with Crippen molar-refractivity contribution in [3.05, 3.63) is 35.9 Å². The predicted octanol–water partition coefficient (Wildman–Crippen LogP) is 1.49. The highest BCUT2D eigenvalue weighted by Crippen LogP contribution is 2.48. The van der Waals surface area contributed by atoms with Crippen LogP contribution in [0.25, 0.3) is 0 Å². The molecule has 1 heterocycles. The molecule has 0 bridgehead atoms. The number of hydrogen-bond acceptors (Lipinski definition) is 3. The standard InChI is InChI=1S/C16H19NO4/c18-15(19)8-12-10-21-7-6-17(12)16(20)14-9-13(14)11-4-2-1-3-5-11/h1-5,12-14H,6-10H2,(H,18,19). The second kappa shape index (κ2) is 5.85. The number of aliphatic carboxylic acids is 1. The van der Waals surface area contributed by atoms with Crippen molar-refractivity contribution in [2.45, 2.75) is 24.8 Å². The number of carboxylic acid groups (broad SMARTS) is 1. The van der Waals surface area contributed by atoms with Crippen LogP contribution in [0.2, 0.25) is 0 Å². The van der Waals surface area contributed by atoms with E-state index in [0.717, 1.165) is 6.42 Å². The molecule has 1 saturated carbocycles. The minimum Gasteiger partial charge on any atom is -0.481 e. The van der Waals surface area contributed by atoms with E-state index in [1.165, 1.54) is 5.56 Å². The molecular weight excluding hydrogens is 270 g/mol. The fraction of sp³-hybridized carbons (Fsp3) is 0.500. The van der Waals surface area contributed by atoms with E-state index in [1.807, 2.05) is 30.3 Å². The monoisotopic (exact) mass is 289 g/mol. The van der Waals surface area contributed by atoms with Gasteiger partial charge in [-0.3, -0.25) is 9.59 Å². The maximum atomic E-state index is 12.6. The third-order valence-electron chi connectivity index (χ3n) is 4.26. The van der Waals surface area contributed by atoms with Crippen LogP contribution >= 0.6 is 0 Å². The summed E-state index contributed by atoms with van der Waals surface area (Å²) in [6, 6.07) is 9.70. The van der Waals surface area contributed by atoms with Crippen molar-refractivity contribution in [2.24, 2.45) is 5.92 Å². The van der Waals surface area contributed by atoms with Gasteiger partial charge in [0.05, 0.1) is 25.7 Å². The third kappa shape index (κ3) is 3.08. The number of morpholine rings is 1. The van der Waals surface area contributed by atoms with E-state index < -0.39 is 5.97 Å². The van der Waals surface area contributed by atoms with Gasteiger partial charge in [0.1, 0.15) is 0 Å². The molecule has 2 fully saturated rings. The zero-order valence-corrected chi connectivity index (χ0v) is 11.8. The largest absolute Gasteiger partial charge is 0.481 e. The predicted molar refractivity (Wildman–Crippen MR) is 75.9 cm³/mol. The zero-order valence-electron chi connectivity index (χ0n) is 11.8. The molecule has 112 valence electrons. The van der Waals surface area contributed by atoms with Gasteiger partial charge in [-0.25, -0.2) is 0 Å². The molecule has 0 spiro atoms. The molecule has 1 saturated heterocycles. The van der Waals surface area contributed by atoms with Gasteiger partial charge in [-0.05, 0) is 17.9 Å². The van der Waals surface area contributed by atoms with Crippen LogP contribution in [0, 0.1) is 5.92 Å². The summed E-state index contributed by atoms with van der Waals surface area (Å²) < 4.78 is 5.32. The summed E-state index contributed by atoms with van der Waals surface area (Å²) >= 11 is 0. The Morgan fingerprint density at radius 2 is 2.05 bits per heavy atom. The fourth-order valence-electron chi connectivity index (χ4n) is 3.07. The van der Waals surface area contributed by atoms with E-state index in [1.54, 1.807) is 4.90 Å². The van der Waals surface area contributed by atoms with Crippen LogP contribution in [0.4, 0.5) is 0 Å². The minimum atomic E-state index is -0.890. The lowest BCUT2D eigenvalue weighted by atomic mass is 10.1. The number of ether oxygens (including phenoxy) is 1. The Bertz CT molecular complexity index is 530. The maximum absolute atomic E-state index is 12.6. The molecule has 1 aliphatic heterocycles. The Hall–Kier alpha value is -1.88. The average molecular weight is 289 g/mol. The highest BCUT2D eigenvalue weighted by Gasteiger charge is 2.47. The van der Waals surface area contributed by atoms with E-state index in [4.69, 9.17) is 9.84 Å². The van der Waals surface area contributed by atoms with Crippen molar-refractivity contribution in [1.29, 1.82) is 0 Å². The maximum Gasteiger partial charge on any atom is 0.305 e. The van der Waals surface area contributed by atoms with Gasteiger partial charge in [0.25, 0.3) is 0 Å². The van der Waals surface area contributed by atoms with Gasteiger partial charge >= 0.3 is 5.97 Å². The molecule has 3 atom stereocenters. The van der Waals surface area contributed by atoms with Crippen molar-refractivity contribution < 1.29 is 19.4 Å². The van der Waals surface area contributed by atoms with Gasteiger partial charge < -0.3 is 14.7 Å². The van der Waals surface area contributed by atoms with Crippen LogP contribution in [-0.4, -0.2) is 47.7 Å². The molecule has 5 nitrogen and oxygen atoms in total. The number of carbonyl (C=O) groups excluding carboxylic acids is 1. The molecule has 2 aliphatic rings. The first-order chi connectivity index (χ1) is 10.2. The summed E-state index contributed by atoms with van der Waals surface area (Å²) in [6.07, 6.45) is 0.814. The molecule has 3 unspecified atom stereocenters. The van der Waals surface area contributed by atoms with Crippen molar-refractivity contribution in [2.75, 3.05) is 19.8 Å². The van der Waals surface area contributed by atoms with Crippen molar-refractivity contribution in [1.82, 2.24) is 4.90 Å². The van der Waals surface area contributed by atoms with Gasteiger partial charge in [-0.1, -0.05) is 30.3 Å². The van der Waals surface area contributed by atoms with Crippen LogP contribution in [0.15, 0.2) is 30.3 Å². The van der Waals surface area contributed by atoms with Gasteiger partial charge in [0.2, 0.25) is 5.91 Å². The van der Waals surface area contributed by atoms with Crippen LogP contribution < -0.4 is 0 Å². The van der Waals surface area contributed by atoms with E-state index in [0.29, 0.717) is 19.8 Å². The van der Waals surface area contributed by atoms with E-state index in [-0.39, 0.29) is 30.2 Å².